The Bertz CT molecular complexity index is 439. The van der Waals surface area contributed by atoms with E-state index in [0.717, 1.165) is 36.6 Å². The Morgan fingerprint density at radius 1 is 1.56 bits per heavy atom. The molecule has 0 bridgehead atoms. The van der Waals surface area contributed by atoms with Gasteiger partial charge in [0.05, 0.1) is 18.3 Å². The fourth-order valence-corrected chi connectivity index (χ4v) is 3.63. The van der Waals surface area contributed by atoms with Crippen LogP contribution in [-0.4, -0.2) is 46.6 Å². The van der Waals surface area contributed by atoms with Crippen LogP contribution in [0.15, 0.2) is 0 Å². The number of amides is 1. The Morgan fingerprint density at radius 3 is 3.17 bits per heavy atom. The molecule has 0 radical (unpaired) electrons. The summed E-state index contributed by atoms with van der Waals surface area (Å²) in [5, 5.41) is 13.0. The van der Waals surface area contributed by atoms with Crippen LogP contribution in [0.2, 0.25) is 0 Å². The largest absolute Gasteiger partial charge is 0.392 e. The quantitative estimate of drug-likeness (QED) is 0.843. The second kappa shape index (κ2) is 4.95. The van der Waals surface area contributed by atoms with E-state index in [1.807, 2.05) is 4.90 Å². The fraction of sp³-hybridized carbons (Fsp3) is 0.667. The maximum atomic E-state index is 11.8. The van der Waals surface area contributed by atoms with Gasteiger partial charge in [-0.2, -0.15) is 0 Å². The molecule has 0 unspecified atom stereocenters. The van der Waals surface area contributed by atoms with Gasteiger partial charge in [0.2, 0.25) is 5.91 Å². The molecule has 2 aliphatic rings. The minimum absolute atomic E-state index is 0.0310. The number of aromatic nitrogens is 1. The summed E-state index contributed by atoms with van der Waals surface area (Å²) in [4.78, 5) is 19.6. The summed E-state index contributed by atoms with van der Waals surface area (Å²) in [5.41, 5.74) is 1.16. The first-order chi connectivity index (χ1) is 8.70. The number of nitrogens with zero attached hydrogens (tertiary/aromatic N) is 2. The summed E-state index contributed by atoms with van der Waals surface area (Å²) in [6, 6.07) is 0. The minimum atomic E-state index is -0.276. The number of hydrogen-bond acceptors (Lipinski definition) is 5. The van der Waals surface area contributed by atoms with Crippen LogP contribution < -0.4 is 5.32 Å². The van der Waals surface area contributed by atoms with Gasteiger partial charge in [-0.05, 0) is 25.7 Å². The summed E-state index contributed by atoms with van der Waals surface area (Å²) in [6.45, 7) is 1.74. The van der Waals surface area contributed by atoms with E-state index < -0.39 is 0 Å². The summed E-state index contributed by atoms with van der Waals surface area (Å²) >= 11 is 1.60. The van der Waals surface area contributed by atoms with Crippen LogP contribution in [0.3, 0.4) is 0 Å². The van der Waals surface area contributed by atoms with Crippen molar-refractivity contribution in [3.8, 4) is 0 Å². The van der Waals surface area contributed by atoms with Crippen LogP contribution in [0.25, 0.3) is 0 Å². The molecule has 0 saturated carbocycles. The summed E-state index contributed by atoms with van der Waals surface area (Å²) in [5.74, 6) is -0.0310. The Balaban J connectivity index is 1.54. The number of carbonyl (C=O) groups is 1. The summed E-state index contributed by atoms with van der Waals surface area (Å²) in [7, 11) is 0. The maximum absolute atomic E-state index is 11.8. The van der Waals surface area contributed by atoms with E-state index in [4.69, 9.17) is 0 Å². The zero-order chi connectivity index (χ0) is 12.5. The Hall–Kier alpha value is -0.980. The van der Waals surface area contributed by atoms with Gasteiger partial charge in [-0.25, -0.2) is 4.98 Å². The molecular weight excluding hydrogens is 250 g/mol. The number of aryl methyl sites for hydroxylation is 2. The van der Waals surface area contributed by atoms with Crippen molar-refractivity contribution >= 4 is 22.4 Å². The number of fused-ring (bicyclic) bond motifs is 1. The Labute approximate surface area is 110 Å². The molecule has 1 aromatic heterocycles. The normalized spacial score (nSPS) is 23.3. The summed E-state index contributed by atoms with van der Waals surface area (Å²) < 4.78 is 0. The van der Waals surface area contributed by atoms with Crippen LogP contribution in [0.5, 0.6) is 0 Å². The molecule has 1 fully saturated rings. The van der Waals surface area contributed by atoms with Crippen molar-refractivity contribution in [2.24, 2.45) is 0 Å². The van der Waals surface area contributed by atoms with E-state index in [1.54, 1.807) is 11.3 Å². The standard InChI is InChI=1S/C12H17N3O2S/c16-8-4-5-15(6-8)7-11(17)14-12-13-9-2-1-3-10(9)18-12/h8,16H,1-7H2,(H,13,14,17)/t8-/m0/s1. The predicted octanol–water partition coefficient (Wildman–Crippen LogP) is 0.637. The van der Waals surface area contributed by atoms with Gasteiger partial charge in [0.25, 0.3) is 0 Å². The van der Waals surface area contributed by atoms with E-state index in [2.05, 4.69) is 10.3 Å². The van der Waals surface area contributed by atoms with E-state index in [-0.39, 0.29) is 12.0 Å². The number of likely N-dealkylation sites (tertiary alicyclic amines) is 1. The number of aliphatic hydroxyl groups is 1. The number of thiazole rings is 1. The number of carbonyl (C=O) groups excluding carboxylic acids is 1. The monoisotopic (exact) mass is 267 g/mol. The van der Waals surface area contributed by atoms with Gasteiger partial charge in [0.15, 0.2) is 5.13 Å². The molecule has 1 aliphatic carbocycles. The van der Waals surface area contributed by atoms with Gasteiger partial charge < -0.3 is 10.4 Å². The van der Waals surface area contributed by atoms with E-state index in [1.165, 1.54) is 11.3 Å². The number of hydrogen-bond donors (Lipinski definition) is 2. The number of aliphatic hydroxyl groups excluding tert-OH is 1. The highest BCUT2D eigenvalue weighted by Gasteiger charge is 2.23. The third-order valence-corrected chi connectivity index (χ3v) is 4.53. The number of anilines is 1. The van der Waals surface area contributed by atoms with Gasteiger partial charge in [0.1, 0.15) is 0 Å². The average molecular weight is 267 g/mol. The zero-order valence-electron chi connectivity index (χ0n) is 10.2. The van der Waals surface area contributed by atoms with Gasteiger partial charge in [0, 0.05) is 18.0 Å². The molecule has 5 nitrogen and oxygen atoms in total. The molecule has 0 aromatic carbocycles. The van der Waals surface area contributed by atoms with Crippen molar-refractivity contribution in [3.63, 3.8) is 0 Å². The minimum Gasteiger partial charge on any atom is -0.392 e. The number of rotatable bonds is 3. The SMILES string of the molecule is O=C(CN1CC[C@H](O)C1)Nc1nc2c(s1)CCC2. The zero-order valence-corrected chi connectivity index (χ0v) is 11.0. The van der Waals surface area contributed by atoms with Crippen molar-refractivity contribution in [1.29, 1.82) is 0 Å². The van der Waals surface area contributed by atoms with Crippen molar-refractivity contribution in [1.82, 2.24) is 9.88 Å². The van der Waals surface area contributed by atoms with E-state index in [9.17, 15) is 9.90 Å². The molecule has 0 spiro atoms. The van der Waals surface area contributed by atoms with Crippen LogP contribution in [0, 0.1) is 0 Å². The third kappa shape index (κ3) is 2.55. The highest BCUT2D eigenvalue weighted by atomic mass is 32.1. The van der Waals surface area contributed by atoms with E-state index in [0.29, 0.717) is 13.1 Å². The smallest absolute Gasteiger partial charge is 0.240 e. The van der Waals surface area contributed by atoms with Crippen LogP contribution >= 0.6 is 11.3 Å². The third-order valence-electron chi connectivity index (χ3n) is 3.46. The van der Waals surface area contributed by atoms with Crippen molar-refractivity contribution in [2.75, 3.05) is 25.0 Å². The molecule has 1 amide bonds. The highest BCUT2D eigenvalue weighted by Crippen LogP contribution is 2.30. The average Bonchev–Trinajstić information content (AvgIpc) is 2.94. The molecule has 18 heavy (non-hydrogen) atoms. The second-order valence-electron chi connectivity index (χ2n) is 4.97. The first-order valence-corrected chi connectivity index (χ1v) is 7.21. The van der Waals surface area contributed by atoms with Gasteiger partial charge in [-0.15, -0.1) is 11.3 Å². The highest BCUT2D eigenvalue weighted by molar-refractivity contribution is 7.15. The van der Waals surface area contributed by atoms with Gasteiger partial charge >= 0.3 is 0 Å². The topological polar surface area (TPSA) is 65.5 Å². The Kier molecular flexibility index (Phi) is 3.32. The van der Waals surface area contributed by atoms with Crippen molar-refractivity contribution in [2.45, 2.75) is 31.8 Å². The molecule has 6 heteroatoms. The van der Waals surface area contributed by atoms with Gasteiger partial charge in [-0.3, -0.25) is 9.69 Å². The summed E-state index contributed by atoms with van der Waals surface area (Å²) in [6.07, 6.45) is 3.81. The van der Waals surface area contributed by atoms with Crippen molar-refractivity contribution < 1.29 is 9.90 Å². The van der Waals surface area contributed by atoms with Crippen LogP contribution in [0.4, 0.5) is 5.13 Å². The molecule has 1 aromatic rings. The lowest BCUT2D eigenvalue weighted by molar-refractivity contribution is -0.117. The second-order valence-corrected chi connectivity index (χ2v) is 6.05. The molecule has 2 N–H and O–H groups in total. The molecular formula is C12H17N3O2S. The van der Waals surface area contributed by atoms with Crippen molar-refractivity contribution in [3.05, 3.63) is 10.6 Å². The van der Waals surface area contributed by atoms with E-state index >= 15 is 0 Å². The first-order valence-electron chi connectivity index (χ1n) is 6.39. The number of β-amino-alcohol motifs (C(OH)–C–C–N with tert-alkyl or cyclic N) is 1. The lowest BCUT2D eigenvalue weighted by atomic mass is 10.3. The molecule has 98 valence electrons. The molecule has 2 heterocycles. The molecule has 1 atom stereocenters. The first kappa shape index (κ1) is 12.1. The molecule has 1 aliphatic heterocycles. The lowest BCUT2D eigenvalue weighted by Gasteiger charge is -2.13. The maximum Gasteiger partial charge on any atom is 0.240 e. The lowest BCUT2D eigenvalue weighted by Crippen LogP contribution is -2.32. The van der Waals surface area contributed by atoms with Gasteiger partial charge in [-0.1, -0.05) is 0 Å². The molecule has 1 saturated heterocycles. The van der Waals surface area contributed by atoms with Crippen LogP contribution in [0.1, 0.15) is 23.4 Å². The van der Waals surface area contributed by atoms with Crippen LogP contribution in [-0.2, 0) is 17.6 Å². The molecule has 3 rings (SSSR count). The fourth-order valence-electron chi connectivity index (χ4n) is 2.56. The number of nitrogens with one attached hydrogen (secondary N) is 1. The Morgan fingerprint density at radius 2 is 2.44 bits per heavy atom. The predicted molar refractivity (Wildman–Crippen MR) is 69.8 cm³/mol.